The summed E-state index contributed by atoms with van der Waals surface area (Å²) in [7, 11) is 0. The number of benzene rings is 2. The number of carbonyl (C=O) groups excluding carboxylic acids is 4. The molecule has 0 aliphatic heterocycles. The first-order valence-corrected chi connectivity index (χ1v) is 13.1. The minimum Gasteiger partial charge on any atom is -0.483 e. The van der Waals surface area contributed by atoms with Gasteiger partial charge in [-0.15, -0.1) is 0 Å². The molecule has 0 unspecified atom stereocenters. The molecule has 0 saturated carbocycles. The van der Waals surface area contributed by atoms with Crippen LogP contribution in [0.5, 0.6) is 11.5 Å². The van der Waals surface area contributed by atoms with Crippen LogP contribution in [0.3, 0.4) is 0 Å². The number of rotatable bonds is 16. The van der Waals surface area contributed by atoms with Crippen LogP contribution in [0.1, 0.15) is 67.7 Å². The summed E-state index contributed by atoms with van der Waals surface area (Å²) in [4.78, 5) is 44.8. The predicted molar refractivity (Wildman–Crippen MR) is 150 cm³/mol. The second-order valence-electron chi connectivity index (χ2n) is 10.2. The van der Waals surface area contributed by atoms with E-state index in [1.165, 1.54) is 0 Å². The van der Waals surface area contributed by atoms with E-state index in [2.05, 4.69) is 24.5 Å². The summed E-state index contributed by atoms with van der Waals surface area (Å²) < 4.78 is 10.6. The molecule has 9 nitrogen and oxygen atoms in total. The van der Waals surface area contributed by atoms with Gasteiger partial charge in [-0.3, -0.25) is 19.2 Å². The highest BCUT2D eigenvalue weighted by atomic mass is 16.5. The van der Waals surface area contributed by atoms with Crippen LogP contribution >= 0.6 is 0 Å². The second-order valence-corrected chi connectivity index (χ2v) is 10.2. The van der Waals surface area contributed by atoms with Crippen LogP contribution in [0.4, 0.5) is 0 Å². The zero-order chi connectivity index (χ0) is 29.1. The number of hydrogen-bond acceptors (Lipinski definition) is 7. The van der Waals surface area contributed by atoms with Crippen LogP contribution in [-0.4, -0.2) is 62.4 Å². The Balaban J connectivity index is 0.000000391. The highest BCUT2D eigenvalue weighted by Gasteiger charge is 2.18. The smallest absolute Gasteiger partial charge is 0.257 e. The fourth-order valence-electron chi connectivity index (χ4n) is 3.27. The molecule has 2 amide bonds. The van der Waals surface area contributed by atoms with E-state index >= 15 is 0 Å². The normalized spacial score (nSPS) is 10.6. The van der Waals surface area contributed by atoms with E-state index in [1.807, 2.05) is 13.8 Å². The summed E-state index contributed by atoms with van der Waals surface area (Å²) in [5.74, 6) is 1.07. The molecule has 0 aliphatic carbocycles. The number of hydrogen-bond donors (Lipinski definition) is 3. The van der Waals surface area contributed by atoms with E-state index in [1.54, 1.807) is 48.5 Å². The second kappa shape index (κ2) is 18.5. The van der Waals surface area contributed by atoms with Crippen molar-refractivity contribution in [3.05, 3.63) is 59.7 Å². The van der Waals surface area contributed by atoms with Gasteiger partial charge in [0.05, 0.1) is 11.1 Å². The van der Waals surface area contributed by atoms with Gasteiger partial charge in [-0.1, -0.05) is 52.0 Å². The third-order valence-corrected chi connectivity index (χ3v) is 5.64. The van der Waals surface area contributed by atoms with E-state index in [0.717, 1.165) is 19.1 Å². The average molecular weight is 543 g/mol. The van der Waals surface area contributed by atoms with Gasteiger partial charge in [0.25, 0.3) is 11.8 Å². The molecule has 0 radical (unpaired) electrons. The third-order valence-electron chi connectivity index (χ3n) is 5.64. The molecule has 0 saturated heterocycles. The minimum absolute atomic E-state index is 0.0630. The molecule has 2 rings (SSSR count). The van der Waals surface area contributed by atoms with Crippen molar-refractivity contribution in [3.63, 3.8) is 0 Å². The molecule has 9 heteroatoms. The monoisotopic (exact) mass is 542 g/mol. The van der Waals surface area contributed by atoms with E-state index < -0.39 is 0 Å². The lowest BCUT2D eigenvalue weighted by molar-refractivity contribution is -0.124. The maximum absolute atomic E-state index is 11.7. The van der Waals surface area contributed by atoms with Crippen LogP contribution in [0.25, 0.3) is 0 Å². The molecule has 214 valence electrons. The molecule has 0 atom stereocenters. The Morgan fingerprint density at radius 1 is 0.872 bits per heavy atom. The van der Waals surface area contributed by atoms with E-state index in [-0.39, 0.29) is 37.0 Å². The van der Waals surface area contributed by atoms with Gasteiger partial charge in [-0.2, -0.15) is 0 Å². The molecule has 0 fully saturated rings. The summed E-state index contributed by atoms with van der Waals surface area (Å²) in [6, 6.07) is 13.6. The molecule has 39 heavy (non-hydrogen) atoms. The van der Waals surface area contributed by atoms with Crippen molar-refractivity contribution in [1.82, 2.24) is 10.6 Å². The van der Waals surface area contributed by atoms with Crippen molar-refractivity contribution in [2.45, 2.75) is 47.0 Å². The van der Waals surface area contributed by atoms with Gasteiger partial charge in [0, 0.05) is 19.7 Å². The van der Waals surface area contributed by atoms with Crippen molar-refractivity contribution >= 4 is 24.4 Å². The Hall–Kier alpha value is -3.72. The van der Waals surface area contributed by atoms with Crippen molar-refractivity contribution in [3.8, 4) is 11.5 Å². The highest BCUT2D eigenvalue weighted by molar-refractivity contribution is 5.81. The molecule has 3 N–H and O–H groups in total. The summed E-state index contributed by atoms with van der Waals surface area (Å²) in [5.41, 5.74) is 0.710. The van der Waals surface area contributed by atoms with Crippen molar-refractivity contribution in [2.75, 3.05) is 32.9 Å². The van der Waals surface area contributed by atoms with Gasteiger partial charge in [0.15, 0.2) is 25.8 Å². The topological polar surface area (TPSA) is 131 Å². The van der Waals surface area contributed by atoms with Gasteiger partial charge >= 0.3 is 0 Å². The Kier molecular flexibility index (Phi) is 15.8. The Labute approximate surface area is 231 Å². The van der Waals surface area contributed by atoms with E-state index in [4.69, 9.17) is 14.6 Å². The van der Waals surface area contributed by atoms with Crippen molar-refractivity contribution in [1.29, 1.82) is 0 Å². The van der Waals surface area contributed by atoms with E-state index in [0.29, 0.717) is 54.3 Å². The maximum atomic E-state index is 11.7. The number of aldehydes is 2. The lowest BCUT2D eigenvalue weighted by atomic mass is 9.90. The van der Waals surface area contributed by atoms with Crippen LogP contribution in [0.2, 0.25) is 0 Å². The number of para-hydroxylation sites is 2. The summed E-state index contributed by atoms with van der Waals surface area (Å²) >= 11 is 0. The van der Waals surface area contributed by atoms with Gasteiger partial charge in [-0.25, -0.2) is 0 Å². The summed E-state index contributed by atoms with van der Waals surface area (Å²) in [6.45, 7) is 9.25. The standard InChI is InChI=1S/C15H21NO4.C15H21NO3/c1-15(2,7-8-17)11-16-14(19)10-20-13-6-4-3-5-12(13)9-18;1-12(2)6-5-9-16-15(18)11-19-14-8-4-3-7-13(14)10-17/h3-6,9,17H,7-8,10-11H2,1-2H3,(H,16,19);3-4,7-8,10,12H,5-6,9,11H2,1-2H3,(H,16,18). The fraction of sp³-hybridized carbons (Fsp3) is 0.467. The number of ether oxygens (including phenoxy) is 2. The number of aliphatic hydroxyl groups excluding tert-OH is 1. The molecule has 2 aromatic carbocycles. The fourth-order valence-corrected chi connectivity index (χ4v) is 3.27. The first kappa shape index (κ1) is 33.3. The average Bonchev–Trinajstić information content (AvgIpc) is 2.92. The van der Waals surface area contributed by atoms with Crippen LogP contribution in [-0.2, 0) is 9.59 Å². The Morgan fingerprint density at radius 2 is 1.36 bits per heavy atom. The molecular weight excluding hydrogens is 500 g/mol. The van der Waals surface area contributed by atoms with Gasteiger partial charge in [0.2, 0.25) is 0 Å². The molecular formula is C30H42N2O7. The number of amides is 2. The lowest BCUT2D eigenvalue weighted by Crippen LogP contribution is -2.37. The van der Waals surface area contributed by atoms with Gasteiger partial charge in [-0.05, 0) is 54.9 Å². The Morgan fingerprint density at radius 3 is 1.82 bits per heavy atom. The first-order valence-electron chi connectivity index (χ1n) is 13.1. The lowest BCUT2D eigenvalue weighted by Gasteiger charge is -2.23. The van der Waals surface area contributed by atoms with E-state index in [9.17, 15) is 19.2 Å². The van der Waals surface area contributed by atoms with Crippen molar-refractivity contribution < 1.29 is 33.8 Å². The maximum Gasteiger partial charge on any atom is 0.257 e. The van der Waals surface area contributed by atoms with Crippen LogP contribution < -0.4 is 20.1 Å². The van der Waals surface area contributed by atoms with Crippen LogP contribution in [0, 0.1) is 11.3 Å². The predicted octanol–water partition coefficient (Wildman–Crippen LogP) is 3.83. The zero-order valence-corrected chi connectivity index (χ0v) is 23.4. The quantitative estimate of drug-likeness (QED) is 0.217. The molecule has 0 bridgehead atoms. The highest BCUT2D eigenvalue weighted by Crippen LogP contribution is 2.18. The molecule has 0 aromatic heterocycles. The van der Waals surface area contributed by atoms with Crippen LogP contribution in [0.15, 0.2) is 48.5 Å². The minimum atomic E-state index is -0.253. The number of nitrogens with one attached hydrogen (secondary N) is 2. The summed E-state index contributed by atoms with van der Waals surface area (Å²) in [5, 5.41) is 14.5. The molecule has 0 spiro atoms. The number of carbonyl (C=O) groups is 4. The number of aliphatic hydroxyl groups is 1. The molecule has 2 aromatic rings. The zero-order valence-electron chi connectivity index (χ0n) is 23.4. The SMILES string of the molecule is CC(C)(CCO)CNC(=O)COc1ccccc1C=O.CC(C)CCCNC(=O)COc1ccccc1C=O. The largest absolute Gasteiger partial charge is 0.483 e. The first-order chi connectivity index (χ1) is 18.6. The van der Waals surface area contributed by atoms with Gasteiger partial charge < -0.3 is 25.2 Å². The Bertz CT molecular complexity index is 1040. The van der Waals surface area contributed by atoms with Crippen molar-refractivity contribution in [2.24, 2.45) is 11.3 Å². The third kappa shape index (κ3) is 14.7. The van der Waals surface area contributed by atoms with Gasteiger partial charge in [0.1, 0.15) is 11.5 Å². The molecule has 0 heterocycles. The summed E-state index contributed by atoms with van der Waals surface area (Å²) in [6.07, 6.45) is 4.08. The molecule has 0 aliphatic rings.